The van der Waals surface area contributed by atoms with E-state index in [4.69, 9.17) is 0 Å². The van der Waals surface area contributed by atoms with Crippen molar-refractivity contribution in [3.8, 4) is 0 Å². The largest absolute Gasteiger partial charge is 3.00 e. The normalized spacial score (nSPS) is 8.77. The molecule has 0 N–H and O–H groups in total. The Labute approximate surface area is 176 Å². The molecule has 0 bridgehead atoms. The van der Waals surface area contributed by atoms with Crippen LogP contribution in [0.1, 0.15) is 0 Å². The van der Waals surface area contributed by atoms with Crippen LogP contribution in [-0.4, -0.2) is 35.8 Å². The third-order valence-electron chi connectivity index (χ3n) is 1.07. The van der Waals surface area contributed by atoms with Crippen LogP contribution in [0.15, 0.2) is 36.5 Å². The quantitative estimate of drug-likeness (QED) is 0.231. The van der Waals surface area contributed by atoms with Gasteiger partial charge in [0.15, 0.2) is 0 Å². The number of carbonyl (C=O) groups excluding carboxylic acids is 6. The van der Waals surface area contributed by atoms with Crippen molar-refractivity contribution in [2.24, 2.45) is 0 Å². The van der Waals surface area contributed by atoms with Gasteiger partial charge in [-0.3, -0.25) is 0 Å². The molecule has 26 heavy (non-hydrogen) atoms. The maximum Gasteiger partial charge on any atom is 3.00 e. The first-order chi connectivity index (χ1) is 10.9. The van der Waals surface area contributed by atoms with Gasteiger partial charge in [0.2, 0.25) is 0 Å². The van der Waals surface area contributed by atoms with Crippen molar-refractivity contribution in [2.45, 2.75) is 0 Å². The van der Waals surface area contributed by atoms with E-state index in [-0.39, 0.29) is 44.8 Å². The molecule has 0 aliphatic rings. The number of carboxylic acids is 6. The van der Waals surface area contributed by atoms with Gasteiger partial charge in [0.05, 0.1) is 35.8 Å². The van der Waals surface area contributed by atoms with Gasteiger partial charge in [-0.2, -0.15) is 0 Å². The van der Waals surface area contributed by atoms with Crippen molar-refractivity contribution in [3.05, 3.63) is 36.5 Å². The molecule has 0 radical (unpaired) electrons. The van der Waals surface area contributed by atoms with E-state index in [0.29, 0.717) is 36.5 Å². The molecule has 0 aliphatic carbocycles. The Bertz CT molecular complexity index is 448. The fourth-order valence-corrected chi connectivity index (χ4v) is 0.408. The first-order valence-corrected chi connectivity index (χ1v) is 5.18. The summed E-state index contributed by atoms with van der Waals surface area (Å²) >= 11 is 0. The standard InChI is InChI=1S/3C4H4O4.2Nb/c3*5-3(6)1-2-4(7)8;;/h3*1-2H,(H,5,6)(H,7,8);;/q;;;2*+3/p-6/b3*2-1-;;. The fraction of sp³-hybridized carbons (Fsp3) is 0. The second-order valence-electron chi connectivity index (χ2n) is 2.91. The number of hydrogen-bond acceptors (Lipinski definition) is 12. The van der Waals surface area contributed by atoms with E-state index in [9.17, 15) is 59.4 Å². The van der Waals surface area contributed by atoms with Crippen LogP contribution >= 0.6 is 0 Å². The summed E-state index contributed by atoms with van der Waals surface area (Å²) < 4.78 is 0. The summed E-state index contributed by atoms with van der Waals surface area (Å²) in [6, 6.07) is 0. The van der Waals surface area contributed by atoms with Crippen LogP contribution in [0.5, 0.6) is 0 Å². The third-order valence-corrected chi connectivity index (χ3v) is 1.07. The average molecular weight is 528 g/mol. The van der Waals surface area contributed by atoms with Crippen LogP contribution in [0.3, 0.4) is 0 Å². The van der Waals surface area contributed by atoms with Crippen LogP contribution in [0.2, 0.25) is 0 Å². The molecule has 0 unspecified atom stereocenters. The number of rotatable bonds is 6. The second-order valence-corrected chi connectivity index (χ2v) is 2.91. The minimum absolute atomic E-state index is 0. The van der Waals surface area contributed by atoms with E-state index in [0.717, 1.165) is 0 Å². The summed E-state index contributed by atoms with van der Waals surface area (Å²) in [5.74, 6) is -9.28. The van der Waals surface area contributed by atoms with Crippen LogP contribution in [-0.2, 0) is 73.5 Å². The maximum absolute atomic E-state index is 9.41. The van der Waals surface area contributed by atoms with E-state index >= 15 is 0 Å². The SMILES string of the molecule is O=C([O-])/C=C\C(=O)[O-].O=C([O-])/C=C\C(=O)[O-].O=C([O-])/C=C\C(=O)[O-].[Nb+3].[Nb+3]. The first kappa shape index (κ1) is 34.8. The Morgan fingerprint density at radius 2 is 0.423 bits per heavy atom. The van der Waals surface area contributed by atoms with Crippen LogP contribution in [0, 0.1) is 0 Å². The topological polar surface area (TPSA) is 241 Å². The molecular weight excluding hydrogens is 522 g/mol. The van der Waals surface area contributed by atoms with E-state index in [1.807, 2.05) is 0 Å². The van der Waals surface area contributed by atoms with E-state index < -0.39 is 35.8 Å². The molecule has 136 valence electrons. The zero-order valence-corrected chi connectivity index (χ0v) is 16.7. The molecule has 0 aromatic rings. The number of carbonyl (C=O) groups is 6. The molecule has 0 amide bonds. The molecule has 14 heteroatoms. The molecule has 12 nitrogen and oxygen atoms in total. The van der Waals surface area contributed by atoms with Gasteiger partial charge in [-0.05, 0) is 36.5 Å². The third kappa shape index (κ3) is 57.8. The molecule has 0 aromatic heterocycles. The van der Waals surface area contributed by atoms with Crippen LogP contribution < -0.4 is 30.6 Å². The molecule has 0 atom stereocenters. The summed E-state index contributed by atoms with van der Waals surface area (Å²) in [4.78, 5) is 56.5. The fourth-order valence-electron chi connectivity index (χ4n) is 0.408. The summed E-state index contributed by atoms with van der Waals surface area (Å²) in [5, 5.41) is 56.5. The average Bonchev–Trinajstić information content (AvgIpc) is 2.42. The van der Waals surface area contributed by atoms with Gasteiger partial charge in [0.25, 0.3) is 0 Å². The van der Waals surface area contributed by atoms with Gasteiger partial charge >= 0.3 is 44.8 Å². The second kappa shape index (κ2) is 22.5. The molecule has 0 saturated heterocycles. The summed E-state index contributed by atoms with van der Waals surface area (Å²) in [6.07, 6.45) is 2.31. The van der Waals surface area contributed by atoms with Crippen LogP contribution in [0.4, 0.5) is 0 Å². The molecule has 0 rings (SSSR count). The molecule has 0 aromatic carbocycles. The molecular formula is C12H6Nb2O12. The van der Waals surface area contributed by atoms with Gasteiger partial charge in [-0.1, -0.05) is 0 Å². The van der Waals surface area contributed by atoms with Crippen molar-refractivity contribution < 1.29 is 104 Å². The van der Waals surface area contributed by atoms with Gasteiger partial charge in [-0.25, -0.2) is 0 Å². The minimum Gasteiger partial charge on any atom is -0.545 e. The van der Waals surface area contributed by atoms with Crippen LogP contribution in [0.25, 0.3) is 0 Å². The Kier molecular flexibility index (Phi) is 30.1. The van der Waals surface area contributed by atoms with Crippen molar-refractivity contribution in [1.29, 1.82) is 0 Å². The summed E-state index contributed by atoms with van der Waals surface area (Å²) in [5.41, 5.74) is 0. The number of hydrogen-bond donors (Lipinski definition) is 0. The van der Waals surface area contributed by atoms with Gasteiger partial charge < -0.3 is 59.4 Å². The monoisotopic (exact) mass is 528 g/mol. The Morgan fingerprint density at radius 3 is 0.462 bits per heavy atom. The molecule has 0 aliphatic heterocycles. The van der Waals surface area contributed by atoms with E-state index in [1.165, 1.54) is 0 Å². The Hall–Kier alpha value is -2.48. The number of aliphatic carboxylic acids is 6. The van der Waals surface area contributed by atoms with Crippen molar-refractivity contribution in [3.63, 3.8) is 0 Å². The zero-order chi connectivity index (χ0) is 19.7. The predicted octanol–water partition coefficient (Wildman–Crippen LogP) is -8.88. The zero-order valence-electron chi connectivity index (χ0n) is 12.3. The number of carboxylic acid groups (broad SMARTS) is 6. The van der Waals surface area contributed by atoms with Crippen molar-refractivity contribution in [2.75, 3.05) is 0 Å². The molecule has 0 saturated carbocycles. The van der Waals surface area contributed by atoms with E-state index in [1.54, 1.807) is 0 Å². The minimum atomic E-state index is -1.55. The molecule has 0 spiro atoms. The molecule has 0 heterocycles. The first-order valence-electron chi connectivity index (χ1n) is 5.18. The van der Waals surface area contributed by atoms with Crippen molar-refractivity contribution >= 4 is 35.8 Å². The van der Waals surface area contributed by atoms with Gasteiger partial charge in [0.1, 0.15) is 0 Å². The molecule has 0 fully saturated rings. The Balaban J connectivity index is -0.0000000817. The predicted molar refractivity (Wildman–Crippen MR) is 57.5 cm³/mol. The Morgan fingerprint density at radius 1 is 0.346 bits per heavy atom. The summed E-state index contributed by atoms with van der Waals surface area (Å²) in [7, 11) is 0. The smallest absolute Gasteiger partial charge is 0.545 e. The van der Waals surface area contributed by atoms with E-state index in [2.05, 4.69) is 0 Å². The van der Waals surface area contributed by atoms with Gasteiger partial charge in [-0.15, -0.1) is 0 Å². The van der Waals surface area contributed by atoms with Crippen molar-refractivity contribution in [1.82, 2.24) is 0 Å². The van der Waals surface area contributed by atoms with Gasteiger partial charge in [0, 0.05) is 0 Å². The maximum atomic E-state index is 9.41. The summed E-state index contributed by atoms with van der Waals surface area (Å²) in [6.45, 7) is 0.